The van der Waals surface area contributed by atoms with Crippen LogP contribution in [0.5, 0.6) is 0 Å². The van der Waals surface area contributed by atoms with Crippen LogP contribution >= 0.6 is 0 Å². The molecule has 0 aliphatic rings. The van der Waals surface area contributed by atoms with Crippen molar-refractivity contribution in [3.8, 4) is 0 Å². The third-order valence-electron chi connectivity index (χ3n) is 2.47. The number of carbonyl (C=O) groups is 2. The number of nitrogens with zero attached hydrogens (tertiary/aromatic N) is 1. The number of carbonyl (C=O) groups excluding carboxylic acids is 1. The Morgan fingerprint density at radius 2 is 2.16 bits per heavy atom. The summed E-state index contributed by atoms with van der Waals surface area (Å²) in [7, 11) is 0. The standard InChI is InChI=1S/C12H17N3O3Se/c1-12(2,15-11(17)18)10(16)14-7-8-9(19-3)5-4-6-13-8/h4-6,15H,7H2,1-3H3,(H,14,16)(H,17,18). The van der Waals surface area contributed by atoms with E-state index in [-0.39, 0.29) is 5.91 Å². The van der Waals surface area contributed by atoms with Gasteiger partial charge in [-0.05, 0) is 0 Å². The molecule has 0 unspecified atom stereocenters. The van der Waals surface area contributed by atoms with Crippen molar-refractivity contribution in [1.82, 2.24) is 15.6 Å². The predicted molar refractivity (Wildman–Crippen MR) is 72.6 cm³/mol. The van der Waals surface area contributed by atoms with Gasteiger partial charge in [0.25, 0.3) is 0 Å². The third kappa shape index (κ3) is 4.54. The number of carboxylic acid groups (broad SMARTS) is 1. The summed E-state index contributed by atoms with van der Waals surface area (Å²) in [5.74, 6) is 1.70. The normalized spacial score (nSPS) is 10.9. The first-order valence-electron chi connectivity index (χ1n) is 5.64. The molecule has 104 valence electrons. The molecule has 19 heavy (non-hydrogen) atoms. The van der Waals surface area contributed by atoms with Gasteiger partial charge in [0.1, 0.15) is 0 Å². The van der Waals surface area contributed by atoms with Crippen molar-refractivity contribution in [1.29, 1.82) is 0 Å². The summed E-state index contributed by atoms with van der Waals surface area (Å²) >= 11 is 0.295. The van der Waals surface area contributed by atoms with E-state index in [0.717, 1.165) is 10.2 Å². The van der Waals surface area contributed by atoms with Gasteiger partial charge >= 0.3 is 118 Å². The van der Waals surface area contributed by atoms with Gasteiger partial charge in [-0.1, -0.05) is 0 Å². The van der Waals surface area contributed by atoms with E-state index in [0.29, 0.717) is 21.5 Å². The van der Waals surface area contributed by atoms with E-state index >= 15 is 0 Å². The number of pyridine rings is 1. The van der Waals surface area contributed by atoms with Crippen LogP contribution in [0.15, 0.2) is 18.3 Å². The zero-order valence-corrected chi connectivity index (χ0v) is 12.8. The van der Waals surface area contributed by atoms with Gasteiger partial charge in [-0.2, -0.15) is 0 Å². The van der Waals surface area contributed by atoms with Crippen molar-refractivity contribution in [3.05, 3.63) is 24.0 Å². The van der Waals surface area contributed by atoms with Crippen LogP contribution in [0.25, 0.3) is 0 Å². The van der Waals surface area contributed by atoms with E-state index in [9.17, 15) is 9.59 Å². The zero-order valence-electron chi connectivity index (χ0n) is 11.1. The van der Waals surface area contributed by atoms with Crippen molar-refractivity contribution in [2.24, 2.45) is 0 Å². The molecule has 0 saturated carbocycles. The molecule has 0 spiro atoms. The molecule has 7 heteroatoms. The van der Waals surface area contributed by atoms with Gasteiger partial charge in [-0.3, -0.25) is 0 Å². The topological polar surface area (TPSA) is 91.3 Å². The van der Waals surface area contributed by atoms with E-state index in [1.807, 2.05) is 12.1 Å². The molecule has 0 bridgehead atoms. The van der Waals surface area contributed by atoms with Crippen LogP contribution in [-0.2, 0) is 11.3 Å². The molecule has 1 rings (SSSR count). The summed E-state index contributed by atoms with van der Waals surface area (Å²) in [6, 6.07) is 3.84. The second-order valence-corrected chi connectivity index (χ2v) is 6.17. The van der Waals surface area contributed by atoms with Crippen LogP contribution in [0.4, 0.5) is 4.79 Å². The van der Waals surface area contributed by atoms with Crippen molar-refractivity contribution in [3.63, 3.8) is 0 Å². The number of nitrogens with one attached hydrogen (secondary N) is 2. The minimum atomic E-state index is -1.23. The summed E-state index contributed by atoms with van der Waals surface area (Å²) in [6.07, 6.45) is 0.452. The van der Waals surface area contributed by atoms with Gasteiger partial charge in [-0.15, -0.1) is 0 Å². The molecule has 0 aliphatic heterocycles. The van der Waals surface area contributed by atoms with Crippen LogP contribution in [0.2, 0.25) is 5.82 Å². The van der Waals surface area contributed by atoms with Crippen LogP contribution in [0.1, 0.15) is 19.5 Å². The molecule has 1 aromatic heterocycles. The van der Waals surface area contributed by atoms with E-state index in [4.69, 9.17) is 5.11 Å². The molecule has 0 saturated heterocycles. The molecule has 3 N–H and O–H groups in total. The monoisotopic (exact) mass is 331 g/mol. The van der Waals surface area contributed by atoms with Crippen molar-refractivity contribution < 1.29 is 14.7 Å². The van der Waals surface area contributed by atoms with Gasteiger partial charge in [0.2, 0.25) is 0 Å². The van der Waals surface area contributed by atoms with Gasteiger partial charge in [0, 0.05) is 0 Å². The molecule has 0 atom stereocenters. The molecule has 0 aromatic carbocycles. The quantitative estimate of drug-likeness (QED) is 0.669. The van der Waals surface area contributed by atoms with Crippen LogP contribution < -0.4 is 15.1 Å². The summed E-state index contributed by atoms with van der Waals surface area (Å²) in [5.41, 5.74) is -0.345. The fourth-order valence-electron chi connectivity index (χ4n) is 1.45. The summed E-state index contributed by atoms with van der Waals surface area (Å²) < 4.78 is 1.12. The molecule has 0 aliphatic carbocycles. The van der Waals surface area contributed by atoms with E-state index in [2.05, 4.69) is 21.4 Å². The average Bonchev–Trinajstić information content (AvgIpc) is 2.34. The molecule has 1 aromatic rings. The average molecular weight is 330 g/mol. The molecule has 1 heterocycles. The van der Waals surface area contributed by atoms with Crippen molar-refractivity contribution in [2.75, 3.05) is 0 Å². The number of hydrogen-bond donors (Lipinski definition) is 3. The Morgan fingerprint density at radius 1 is 1.47 bits per heavy atom. The Morgan fingerprint density at radius 3 is 2.74 bits per heavy atom. The molecule has 0 fully saturated rings. The zero-order chi connectivity index (χ0) is 14.5. The Hall–Kier alpha value is -1.59. The van der Waals surface area contributed by atoms with Crippen LogP contribution in [0.3, 0.4) is 0 Å². The van der Waals surface area contributed by atoms with Crippen molar-refractivity contribution >= 4 is 31.4 Å². The van der Waals surface area contributed by atoms with Crippen molar-refractivity contribution in [2.45, 2.75) is 31.8 Å². The second kappa shape index (κ2) is 6.54. The SMILES string of the molecule is C[Se]c1cccnc1CNC(=O)C(C)(C)NC(=O)O. The van der Waals surface area contributed by atoms with Gasteiger partial charge in [0.15, 0.2) is 0 Å². The van der Waals surface area contributed by atoms with E-state index in [1.54, 1.807) is 6.20 Å². The second-order valence-electron chi connectivity index (χ2n) is 4.39. The molecular formula is C12H17N3O3Se. The first-order valence-corrected chi connectivity index (χ1v) is 8.21. The molecule has 6 nitrogen and oxygen atoms in total. The molecule has 2 amide bonds. The summed E-state index contributed by atoms with van der Waals surface area (Å²) in [6.45, 7) is 3.33. The Labute approximate surface area is 118 Å². The molecule has 0 radical (unpaired) electrons. The Bertz CT molecular complexity index is 477. The minimum absolute atomic E-state index is 0.295. The Kier molecular flexibility index (Phi) is 5.32. The number of aromatic nitrogens is 1. The summed E-state index contributed by atoms with van der Waals surface area (Å²) in [5, 5.41) is 13.5. The van der Waals surface area contributed by atoms with E-state index < -0.39 is 11.6 Å². The predicted octanol–water partition coefficient (Wildman–Crippen LogP) is 0.122. The third-order valence-corrected chi connectivity index (χ3v) is 4.17. The van der Waals surface area contributed by atoms with Gasteiger partial charge < -0.3 is 0 Å². The van der Waals surface area contributed by atoms with Crippen LogP contribution in [0, 0.1) is 0 Å². The first-order chi connectivity index (χ1) is 8.86. The first kappa shape index (κ1) is 15.5. The number of rotatable bonds is 5. The fourth-order valence-corrected chi connectivity index (χ4v) is 2.66. The van der Waals surface area contributed by atoms with Crippen LogP contribution in [-0.4, -0.2) is 42.6 Å². The van der Waals surface area contributed by atoms with Gasteiger partial charge in [-0.25, -0.2) is 0 Å². The number of amides is 2. The number of hydrogen-bond acceptors (Lipinski definition) is 3. The Balaban J connectivity index is 2.66. The summed E-state index contributed by atoms with van der Waals surface area (Å²) in [4.78, 5) is 26.7. The maximum atomic E-state index is 11.9. The van der Waals surface area contributed by atoms with E-state index in [1.165, 1.54) is 13.8 Å². The molecular weight excluding hydrogens is 313 g/mol. The fraction of sp³-hybridized carbons (Fsp3) is 0.417. The maximum absolute atomic E-state index is 11.9. The van der Waals surface area contributed by atoms with Gasteiger partial charge in [0.05, 0.1) is 0 Å².